The van der Waals surface area contributed by atoms with Crippen molar-refractivity contribution in [3.8, 4) is 6.07 Å². The van der Waals surface area contributed by atoms with E-state index in [4.69, 9.17) is 9.68 Å². The quantitative estimate of drug-likeness (QED) is 0.839. The largest absolute Gasteiger partial charge is 0.424 e. The molecule has 0 amide bonds. The summed E-state index contributed by atoms with van der Waals surface area (Å²) in [4.78, 5) is 4.78. The summed E-state index contributed by atoms with van der Waals surface area (Å²) in [5.74, 6) is 1.42. The summed E-state index contributed by atoms with van der Waals surface area (Å²) in [6.07, 6.45) is 0.783. The highest BCUT2D eigenvalue weighted by Gasteiger charge is 2.19. The summed E-state index contributed by atoms with van der Waals surface area (Å²) in [5, 5.41) is 16.9. The maximum atomic E-state index is 8.83. The molecule has 6 nitrogen and oxygen atoms in total. The Balaban J connectivity index is 1.47. The normalized spacial score (nSPS) is 16.3. The molecular formula is C17H21N5O. The van der Waals surface area contributed by atoms with Crippen molar-refractivity contribution in [1.29, 1.82) is 5.26 Å². The highest BCUT2D eigenvalue weighted by molar-refractivity contribution is 5.31. The summed E-state index contributed by atoms with van der Waals surface area (Å²) in [7, 11) is 0. The van der Waals surface area contributed by atoms with Crippen LogP contribution in [0.5, 0.6) is 0 Å². The molecule has 0 N–H and O–H groups in total. The molecule has 0 bridgehead atoms. The Bertz CT molecular complexity index is 665. The number of nitriles is 1. The maximum absolute atomic E-state index is 8.83. The zero-order chi connectivity index (χ0) is 16.1. The molecule has 1 fully saturated rings. The van der Waals surface area contributed by atoms with Crippen LogP contribution in [0, 0.1) is 11.3 Å². The maximum Gasteiger partial charge on any atom is 0.230 e. The number of benzene rings is 1. The molecule has 0 spiro atoms. The molecule has 1 aromatic carbocycles. The third-order valence-corrected chi connectivity index (χ3v) is 4.12. The van der Waals surface area contributed by atoms with Gasteiger partial charge in [0.15, 0.2) is 0 Å². The summed E-state index contributed by atoms with van der Waals surface area (Å²) in [6.45, 7) is 7.72. The number of piperazine rings is 1. The number of rotatable bonds is 5. The standard InChI is InChI=1S/C17H21N5O/c1-2-16-19-20-17(23-16)13-22-9-7-21(8-10-22)12-15-5-3-14(11-18)4-6-15/h3-6H,2,7-10,12-13H2,1H3. The number of hydrogen-bond acceptors (Lipinski definition) is 6. The van der Waals surface area contributed by atoms with E-state index in [2.05, 4.69) is 26.1 Å². The fourth-order valence-corrected chi connectivity index (χ4v) is 2.73. The molecule has 2 heterocycles. The molecule has 0 saturated carbocycles. The van der Waals surface area contributed by atoms with Crippen LogP contribution >= 0.6 is 0 Å². The van der Waals surface area contributed by atoms with E-state index in [9.17, 15) is 0 Å². The van der Waals surface area contributed by atoms with E-state index < -0.39 is 0 Å². The molecule has 3 rings (SSSR count). The van der Waals surface area contributed by atoms with Gasteiger partial charge in [-0.15, -0.1) is 10.2 Å². The lowest BCUT2D eigenvalue weighted by molar-refractivity contribution is 0.114. The van der Waals surface area contributed by atoms with Crippen molar-refractivity contribution in [3.05, 3.63) is 47.2 Å². The van der Waals surface area contributed by atoms with Gasteiger partial charge in [-0.25, -0.2) is 0 Å². The number of aromatic nitrogens is 2. The Labute approximate surface area is 136 Å². The van der Waals surface area contributed by atoms with Gasteiger partial charge in [0.05, 0.1) is 18.2 Å². The second-order valence-electron chi connectivity index (χ2n) is 5.80. The van der Waals surface area contributed by atoms with Crippen molar-refractivity contribution in [2.75, 3.05) is 26.2 Å². The summed E-state index contributed by atoms with van der Waals surface area (Å²) in [6, 6.07) is 9.99. The Morgan fingerprint density at radius 2 is 1.61 bits per heavy atom. The van der Waals surface area contributed by atoms with Crippen LogP contribution in [0.25, 0.3) is 0 Å². The van der Waals surface area contributed by atoms with Crippen LogP contribution in [-0.2, 0) is 19.5 Å². The molecule has 0 aliphatic carbocycles. The van der Waals surface area contributed by atoms with Crippen LogP contribution in [-0.4, -0.2) is 46.2 Å². The van der Waals surface area contributed by atoms with Gasteiger partial charge >= 0.3 is 0 Å². The van der Waals surface area contributed by atoms with Crippen molar-refractivity contribution < 1.29 is 4.42 Å². The van der Waals surface area contributed by atoms with E-state index in [-0.39, 0.29) is 0 Å². The fourth-order valence-electron chi connectivity index (χ4n) is 2.73. The average Bonchev–Trinajstić information content (AvgIpc) is 3.05. The summed E-state index contributed by atoms with van der Waals surface area (Å²) in [5.41, 5.74) is 1.96. The van der Waals surface area contributed by atoms with E-state index in [0.29, 0.717) is 17.3 Å². The third-order valence-electron chi connectivity index (χ3n) is 4.12. The minimum atomic E-state index is 0.708. The lowest BCUT2D eigenvalue weighted by Gasteiger charge is -2.33. The van der Waals surface area contributed by atoms with Gasteiger partial charge in [-0.1, -0.05) is 19.1 Å². The molecule has 2 aromatic rings. The molecule has 1 aromatic heterocycles. The SMILES string of the molecule is CCc1nnc(CN2CCN(Cc3ccc(C#N)cc3)CC2)o1. The Kier molecular flexibility index (Phi) is 5.01. The topological polar surface area (TPSA) is 69.2 Å². The van der Waals surface area contributed by atoms with Crippen LogP contribution in [0.1, 0.15) is 29.8 Å². The van der Waals surface area contributed by atoms with Gasteiger partial charge in [-0.2, -0.15) is 5.26 Å². The lowest BCUT2D eigenvalue weighted by Crippen LogP contribution is -2.45. The van der Waals surface area contributed by atoms with Crippen molar-refractivity contribution in [1.82, 2.24) is 20.0 Å². The first-order chi connectivity index (χ1) is 11.3. The third kappa shape index (κ3) is 4.15. The zero-order valence-corrected chi connectivity index (χ0v) is 13.4. The zero-order valence-electron chi connectivity index (χ0n) is 13.4. The van der Waals surface area contributed by atoms with E-state index in [0.717, 1.165) is 45.7 Å². The van der Waals surface area contributed by atoms with Crippen LogP contribution in [0.2, 0.25) is 0 Å². The smallest absolute Gasteiger partial charge is 0.230 e. The Morgan fingerprint density at radius 3 is 2.17 bits per heavy atom. The molecule has 0 unspecified atom stereocenters. The van der Waals surface area contributed by atoms with Crippen molar-refractivity contribution in [2.24, 2.45) is 0 Å². The molecular weight excluding hydrogens is 290 g/mol. The minimum absolute atomic E-state index is 0.708. The molecule has 1 aliphatic heterocycles. The predicted octanol–water partition coefficient (Wildman–Crippen LogP) is 1.82. The molecule has 0 atom stereocenters. The van der Waals surface area contributed by atoms with Crippen molar-refractivity contribution in [3.63, 3.8) is 0 Å². The summed E-state index contributed by atoms with van der Waals surface area (Å²) < 4.78 is 5.58. The highest BCUT2D eigenvalue weighted by Crippen LogP contribution is 2.12. The monoisotopic (exact) mass is 311 g/mol. The molecule has 1 saturated heterocycles. The van der Waals surface area contributed by atoms with Crippen LogP contribution < -0.4 is 0 Å². The number of hydrogen-bond donors (Lipinski definition) is 0. The van der Waals surface area contributed by atoms with E-state index in [1.807, 2.05) is 31.2 Å². The van der Waals surface area contributed by atoms with E-state index >= 15 is 0 Å². The fraction of sp³-hybridized carbons (Fsp3) is 0.471. The molecule has 6 heteroatoms. The van der Waals surface area contributed by atoms with Gasteiger partial charge in [-0.05, 0) is 17.7 Å². The van der Waals surface area contributed by atoms with Crippen molar-refractivity contribution >= 4 is 0 Å². The molecule has 120 valence electrons. The van der Waals surface area contributed by atoms with Crippen LogP contribution in [0.15, 0.2) is 28.7 Å². The van der Waals surface area contributed by atoms with Crippen molar-refractivity contribution in [2.45, 2.75) is 26.4 Å². The second-order valence-corrected chi connectivity index (χ2v) is 5.80. The van der Waals surface area contributed by atoms with Gasteiger partial charge in [0.1, 0.15) is 0 Å². The van der Waals surface area contributed by atoms with Gasteiger partial charge < -0.3 is 4.42 Å². The number of aryl methyl sites for hydroxylation is 1. The Hall–Kier alpha value is -2.23. The first kappa shape index (κ1) is 15.7. The first-order valence-electron chi connectivity index (χ1n) is 8.02. The minimum Gasteiger partial charge on any atom is -0.424 e. The van der Waals surface area contributed by atoms with Gasteiger partial charge in [0.25, 0.3) is 0 Å². The van der Waals surface area contributed by atoms with Crippen LogP contribution in [0.3, 0.4) is 0 Å². The predicted molar refractivity (Wildman–Crippen MR) is 85.4 cm³/mol. The number of nitrogens with zero attached hydrogens (tertiary/aromatic N) is 5. The van der Waals surface area contributed by atoms with E-state index in [1.165, 1.54) is 5.56 Å². The summed E-state index contributed by atoms with van der Waals surface area (Å²) >= 11 is 0. The van der Waals surface area contributed by atoms with Gasteiger partial charge in [0.2, 0.25) is 11.8 Å². The van der Waals surface area contributed by atoms with Gasteiger partial charge in [-0.3, -0.25) is 9.80 Å². The average molecular weight is 311 g/mol. The second kappa shape index (κ2) is 7.36. The van der Waals surface area contributed by atoms with E-state index in [1.54, 1.807) is 0 Å². The molecule has 23 heavy (non-hydrogen) atoms. The van der Waals surface area contributed by atoms with Crippen LogP contribution in [0.4, 0.5) is 0 Å². The molecule has 0 radical (unpaired) electrons. The lowest BCUT2D eigenvalue weighted by atomic mass is 10.1. The first-order valence-corrected chi connectivity index (χ1v) is 8.02. The highest BCUT2D eigenvalue weighted by atomic mass is 16.4. The molecule has 1 aliphatic rings. The Morgan fingerprint density at radius 1 is 1.00 bits per heavy atom. The van der Waals surface area contributed by atoms with Gasteiger partial charge in [0, 0.05) is 39.1 Å².